The summed E-state index contributed by atoms with van der Waals surface area (Å²) in [6, 6.07) is 10.2. The molecule has 15 heavy (non-hydrogen) atoms. The van der Waals surface area contributed by atoms with Crippen molar-refractivity contribution >= 4 is 0 Å². The van der Waals surface area contributed by atoms with Gasteiger partial charge in [0.15, 0.2) is 6.23 Å². The van der Waals surface area contributed by atoms with Gasteiger partial charge in [-0.25, -0.2) is 9.13 Å². The Hall–Kier alpha value is -1.61. The van der Waals surface area contributed by atoms with E-state index >= 15 is 0 Å². The van der Waals surface area contributed by atoms with Crippen LogP contribution in [-0.2, 0) is 6.54 Å². The van der Waals surface area contributed by atoms with Gasteiger partial charge in [-0.2, -0.15) is 0 Å². The van der Waals surface area contributed by atoms with Crippen molar-refractivity contribution in [3.8, 4) is 0 Å². The smallest absolute Gasteiger partial charge is 0.246 e. The van der Waals surface area contributed by atoms with Crippen molar-refractivity contribution < 1.29 is 9.67 Å². The Morgan fingerprint density at radius 2 is 2.07 bits per heavy atom. The summed E-state index contributed by atoms with van der Waals surface area (Å²) in [5.41, 5.74) is 1.26. The highest BCUT2D eigenvalue weighted by molar-refractivity contribution is 5.13. The summed E-state index contributed by atoms with van der Waals surface area (Å²) in [6.45, 7) is 2.58. The minimum absolute atomic E-state index is 0.470. The Kier molecular flexibility index (Phi) is 2.83. The van der Waals surface area contributed by atoms with Crippen LogP contribution < -0.4 is 4.57 Å². The Balaban J connectivity index is 2.12. The zero-order valence-electron chi connectivity index (χ0n) is 8.74. The third-order valence-corrected chi connectivity index (χ3v) is 2.35. The van der Waals surface area contributed by atoms with Crippen LogP contribution in [0, 0.1) is 0 Å². The van der Waals surface area contributed by atoms with Gasteiger partial charge in [0.2, 0.25) is 6.33 Å². The third-order valence-electron chi connectivity index (χ3n) is 2.35. The lowest BCUT2D eigenvalue weighted by Gasteiger charge is -1.98. The zero-order chi connectivity index (χ0) is 10.7. The topological polar surface area (TPSA) is 29.0 Å². The van der Waals surface area contributed by atoms with E-state index in [1.165, 1.54) is 5.56 Å². The lowest BCUT2D eigenvalue weighted by Crippen LogP contribution is -2.31. The second-order valence-corrected chi connectivity index (χ2v) is 3.65. The molecule has 78 valence electrons. The summed E-state index contributed by atoms with van der Waals surface area (Å²) in [5, 5.41) is 9.35. The van der Waals surface area contributed by atoms with E-state index in [9.17, 15) is 5.11 Å². The number of hydrogen-bond donors (Lipinski definition) is 1. The highest BCUT2D eigenvalue weighted by Crippen LogP contribution is 2.00. The molecule has 1 atom stereocenters. The van der Waals surface area contributed by atoms with Crippen LogP contribution >= 0.6 is 0 Å². The van der Waals surface area contributed by atoms with Gasteiger partial charge >= 0.3 is 0 Å². The van der Waals surface area contributed by atoms with E-state index in [2.05, 4.69) is 12.1 Å². The minimum atomic E-state index is -0.470. The third kappa shape index (κ3) is 2.44. The van der Waals surface area contributed by atoms with E-state index in [1.54, 1.807) is 11.5 Å². The first-order valence-electron chi connectivity index (χ1n) is 5.04. The summed E-state index contributed by atoms with van der Waals surface area (Å²) in [5.74, 6) is 0. The molecular weight excluding hydrogens is 188 g/mol. The van der Waals surface area contributed by atoms with E-state index in [0.29, 0.717) is 0 Å². The van der Waals surface area contributed by atoms with Gasteiger partial charge in [0.25, 0.3) is 0 Å². The van der Waals surface area contributed by atoms with Gasteiger partial charge in [-0.15, -0.1) is 0 Å². The van der Waals surface area contributed by atoms with Crippen molar-refractivity contribution in [1.82, 2.24) is 4.57 Å². The quantitative estimate of drug-likeness (QED) is 0.749. The first-order valence-corrected chi connectivity index (χ1v) is 5.04. The van der Waals surface area contributed by atoms with Gasteiger partial charge in [0.1, 0.15) is 18.9 Å². The molecule has 0 aliphatic rings. The van der Waals surface area contributed by atoms with Crippen LogP contribution in [-0.4, -0.2) is 9.67 Å². The highest BCUT2D eigenvalue weighted by Gasteiger charge is 2.07. The van der Waals surface area contributed by atoms with Crippen molar-refractivity contribution in [3.05, 3.63) is 54.6 Å². The molecule has 1 heterocycles. The van der Waals surface area contributed by atoms with E-state index in [4.69, 9.17) is 0 Å². The van der Waals surface area contributed by atoms with E-state index < -0.39 is 6.23 Å². The second kappa shape index (κ2) is 4.28. The molecule has 0 amide bonds. The van der Waals surface area contributed by atoms with Crippen LogP contribution in [0.2, 0.25) is 0 Å². The normalized spacial score (nSPS) is 12.7. The summed E-state index contributed by atoms with van der Waals surface area (Å²) in [4.78, 5) is 0. The molecule has 0 aliphatic carbocycles. The number of aromatic nitrogens is 2. The summed E-state index contributed by atoms with van der Waals surface area (Å²) >= 11 is 0. The van der Waals surface area contributed by atoms with Gasteiger partial charge in [-0.1, -0.05) is 30.3 Å². The van der Waals surface area contributed by atoms with E-state index in [-0.39, 0.29) is 0 Å². The molecule has 0 saturated carbocycles. The van der Waals surface area contributed by atoms with Gasteiger partial charge in [-0.05, 0) is 5.56 Å². The molecule has 1 aromatic heterocycles. The van der Waals surface area contributed by atoms with Crippen molar-refractivity contribution in [2.24, 2.45) is 0 Å². The van der Waals surface area contributed by atoms with Gasteiger partial charge < -0.3 is 5.11 Å². The first-order chi connectivity index (χ1) is 7.25. The molecule has 3 nitrogen and oxygen atoms in total. The monoisotopic (exact) mass is 203 g/mol. The molecule has 1 aromatic carbocycles. The Morgan fingerprint density at radius 3 is 2.67 bits per heavy atom. The highest BCUT2D eigenvalue weighted by atomic mass is 16.3. The zero-order valence-corrected chi connectivity index (χ0v) is 8.74. The molecule has 3 heteroatoms. The standard InChI is InChI=1S/C12H15N2O/c1-11(15)14-8-7-13(10-14)9-12-5-3-2-4-6-12/h2-8,10-11,15H,9H2,1H3/q+1. The largest absolute Gasteiger partial charge is 0.355 e. The molecule has 1 N–H and O–H groups in total. The molecule has 0 aliphatic heterocycles. The number of imidazole rings is 1. The van der Waals surface area contributed by atoms with Crippen molar-refractivity contribution in [3.63, 3.8) is 0 Å². The Bertz CT molecular complexity index is 420. The average Bonchev–Trinajstić information content (AvgIpc) is 2.68. The fraction of sp³-hybridized carbons (Fsp3) is 0.250. The summed E-state index contributed by atoms with van der Waals surface area (Å²) in [6.07, 6.45) is 5.26. The van der Waals surface area contributed by atoms with Crippen LogP contribution in [0.4, 0.5) is 0 Å². The molecule has 0 spiro atoms. The van der Waals surface area contributed by atoms with E-state index in [1.807, 2.05) is 41.5 Å². The van der Waals surface area contributed by atoms with Gasteiger partial charge in [0, 0.05) is 6.92 Å². The Morgan fingerprint density at radius 1 is 1.33 bits per heavy atom. The Labute approximate surface area is 89.2 Å². The molecular formula is C12H15N2O+. The summed E-state index contributed by atoms with van der Waals surface area (Å²) in [7, 11) is 0. The van der Waals surface area contributed by atoms with Crippen LogP contribution in [0.5, 0.6) is 0 Å². The number of rotatable bonds is 3. The molecule has 0 bridgehead atoms. The second-order valence-electron chi connectivity index (χ2n) is 3.65. The number of aliphatic hydroxyl groups is 1. The SMILES string of the molecule is CC(O)n1cc[n+](Cc2ccccc2)c1. The predicted molar refractivity (Wildman–Crippen MR) is 57.1 cm³/mol. The lowest BCUT2D eigenvalue weighted by atomic mass is 10.2. The predicted octanol–water partition coefficient (Wildman–Crippen LogP) is 1.33. The first kappa shape index (κ1) is 9.93. The number of aliphatic hydroxyl groups excluding tert-OH is 1. The van der Waals surface area contributed by atoms with Crippen LogP contribution in [0.25, 0.3) is 0 Å². The number of benzene rings is 1. The molecule has 1 unspecified atom stereocenters. The number of hydrogen-bond acceptors (Lipinski definition) is 1. The van der Waals surface area contributed by atoms with Gasteiger partial charge in [-0.3, -0.25) is 0 Å². The molecule has 0 fully saturated rings. The fourth-order valence-electron chi connectivity index (χ4n) is 1.52. The molecule has 0 radical (unpaired) electrons. The fourth-order valence-corrected chi connectivity index (χ4v) is 1.52. The van der Waals surface area contributed by atoms with Crippen molar-refractivity contribution in [2.75, 3.05) is 0 Å². The maximum absolute atomic E-state index is 9.35. The maximum Gasteiger partial charge on any atom is 0.246 e. The van der Waals surface area contributed by atoms with Crippen molar-refractivity contribution in [2.45, 2.75) is 19.7 Å². The van der Waals surface area contributed by atoms with Crippen LogP contribution in [0.15, 0.2) is 49.1 Å². The van der Waals surface area contributed by atoms with Crippen molar-refractivity contribution in [1.29, 1.82) is 0 Å². The van der Waals surface area contributed by atoms with E-state index in [0.717, 1.165) is 6.54 Å². The molecule has 0 saturated heterocycles. The van der Waals surface area contributed by atoms with Gasteiger partial charge in [0.05, 0.1) is 0 Å². The van der Waals surface area contributed by atoms with Crippen LogP contribution in [0.3, 0.4) is 0 Å². The summed E-state index contributed by atoms with van der Waals surface area (Å²) < 4.78 is 3.81. The average molecular weight is 203 g/mol. The molecule has 2 aromatic rings. The lowest BCUT2D eigenvalue weighted by molar-refractivity contribution is -0.688. The number of nitrogens with zero attached hydrogens (tertiary/aromatic N) is 2. The maximum atomic E-state index is 9.35. The van der Waals surface area contributed by atoms with Crippen LogP contribution in [0.1, 0.15) is 18.7 Å². The minimum Gasteiger partial charge on any atom is -0.355 e. The molecule has 2 rings (SSSR count).